The van der Waals surface area contributed by atoms with Gasteiger partial charge in [0, 0.05) is 19.3 Å². The minimum Gasteiger partial charge on any atom is -0.339 e. The van der Waals surface area contributed by atoms with Gasteiger partial charge in [0.25, 0.3) is 0 Å². The number of nitrogens with zero attached hydrogens (tertiary/aromatic N) is 3. The number of anilines is 1. The molecule has 1 amide bonds. The van der Waals surface area contributed by atoms with Crippen LogP contribution in [-0.4, -0.2) is 21.0 Å². The van der Waals surface area contributed by atoms with E-state index in [1.807, 2.05) is 44.2 Å². The van der Waals surface area contributed by atoms with Gasteiger partial charge in [0.1, 0.15) is 0 Å². The number of aromatic nitrogens is 3. The summed E-state index contributed by atoms with van der Waals surface area (Å²) in [6, 6.07) is 10.1. The van der Waals surface area contributed by atoms with Gasteiger partial charge >= 0.3 is 0 Å². The summed E-state index contributed by atoms with van der Waals surface area (Å²) < 4.78 is 5.12. The van der Waals surface area contributed by atoms with Gasteiger partial charge in [-0.15, -0.1) is 0 Å². The van der Waals surface area contributed by atoms with Crippen LogP contribution in [0.25, 0.3) is 10.4 Å². The van der Waals surface area contributed by atoms with E-state index < -0.39 is 0 Å². The molecule has 0 radical (unpaired) electrons. The second kappa shape index (κ2) is 8.02. The van der Waals surface area contributed by atoms with Gasteiger partial charge in [-0.2, -0.15) is 4.98 Å². The Morgan fingerprint density at radius 2 is 2.04 bits per heavy atom. The standard InChI is InChI=1S/C18H20N4O2S/c1-3-14-20-16(24-22-14)11-7-10-15(23)21-18-19-12(2)17(25-18)13-8-5-4-6-9-13/h4-6,8-9H,3,7,10-11H2,1-2H3,(H,19,21,23). The molecule has 0 spiro atoms. The molecule has 2 aromatic heterocycles. The fraction of sp³-hybridized carbons (Fsp3) is 0.333. The van der Waals surface area contributed by atoms with E-state index in [0.717, 1.165) is 22.6 Å². The van der Waals surface area contributed by atoms with Crippen LogP contribution in [0.5, 0.6) is 0 Å². The number of nitrogens with one attached hydrogen (secondary N) is 1. The van der Waals surface area contributed by atoms with Crippen molar-refractivity contribution >= 4 is 22.4 Å². The third-order valence-corrected chi connectivity index (χ3v) is 4.82. The lowest BCUT2D eigenvalue weighted by atomic mass is 10.2. The van der Waals surface area contributed by atoms with Crippen molar-refractivity contribution in [1.29, 1.82) is 0 Å². The molecule has 0 saturated heterocycles. The van der Waals surface area contributed by atoms with E-state index in [2.05, 4.69) is 20.4 Å². The maximum absolute atomic E-state index is 12.1. The third-order valence-electron chi connectivity index (χ3n) is 3.70. The highest BCUT2D eigenvalue weighted by molar-refractivity contribution is 7.19. The molecule has 0 unspecified atom stereocenters. The smallest absolute Gasteiger partial charge is 0.226 e. The molecular formula is C18H20N4O2S. The van der Waals surface area contributed by atoms with E-state index in [1.165, 1.54) is 11.3 Å². The van der Waals surface area contributed by atoms with Crippen molar-refractivity contribution in [2.24, 2.45) is 0 Å². The fourth-order valence-electron chi connectivity index (χ4n) is 2.42. The number of aryl methyl sites for hydroxylation is 3. The minimum absolute atomic E-state index is 0.0522. The van der Waals surface area contributed by atoms with Crippen molar-refractivity contribution < 1.29 is 9.32 Å². The highest BCUT2D eigenvalue weighted by Gasteiger charge is 2.12. The predicted molar refractivity (Wildman–Crippen MR) is 97.5 cm³/mol. The maximum Gasteiger partial charge on any atom is 0.226 e. The van der Waals surface area contributed by atoms with Gasteiger partial charge in [-0.25, -0.2) is 4.98 Å². The first-order chi connectivity index (χ1) is 12.2. The maximum atomic E-state index is 12.1. The highest BCUT2D eigenvalue weighted by Crippen LogP contribution is 2.32. The van der Waals surface area contributed by atoms with E-state index in [9.17, 15) is 4.79 Å². The molecule has 0 bridgehead atoms. The topological polar surface area (TPSA) is 80.9 Å². The Labute approximate surface area is 150 Å². The van der Waals surface area contributed by atoms with Crippen LogP contribution >= 0.6 is 11.3 Å². The van der Waals surface area contributed by atoms with E-state index in [-0.39, 0.29) is 5.91 Å². The van der Waals surface area contributed by atoms with Gasteiger partial charge in [0.05, 0.1) is 10.6 Å². The van der Waals surface area contributed by atoms with Crippen molar-refractivity contribution in [3.8, 4) is 10.4 Å². The number of rotatable bonds is 7. The summed E-state index contributed by atoms with van der Waals surface area (Å²) in [7, 11) is 0. The van der Waals surface area contributed by atoms with Crippen molar-refractivity contribution in [2.45, 2.75) is 39.5 Å². The molecule has 0 aliphatic heterocycles. The number of hydrogen-bond donors (Lipinski definition) is 1. The van der Waals surface area contributed by atoms with Crippen molar-refractivity contribution in [2.75, 3.05) is 5.32 Å². The summed E-state index contributed by atoms with van der Waals surface area (Å²) in [5.41, 5.74) is 2.03. The van der Waals surface area contributed by atoms with Gasteiger partial charge < -0.3 is 9.84 Å². The SMILES string of the molecule is CCc1noc(CCCC(=O)Nc2nc(C)c(-c3ccccc3)s2)n1. The lowest BCUT2D eigenvalue weighted by Gasteiger charge is -2.00. The minimum atomic E-state index is -0.0522. The van der Waals surface area contributed by atoms with Crippen molar-refractivity contribution in [3.05, 3.63) is 47.7 Å². The van der Waals surface area contributed by atoms with Crippen LogP contribution in [0.15, 0.2) is 34.9 Å². The van der Waals surface area contributed by atoms with Crippen LogP contribution in [0.3, 0.4) is 0 Å². The first kappa shape index (κ1) is 17.3. The summed E-state index contributed by atoms with van der Waals surface area (Å²) in [5, 5.41) is 7.36. The monoisotopic (exact) mass is 356 g/mol. The summed E-state index contributed by atoms with van der Waals surface area (Å²) in [6.45, 7) is 3.93. The molecule has 3 aromatic rings. The molecule has 0 atom stereocenters. The molecular weight excluding hydrogens is 336 g/mol. The summed E-state index contributed by atoms with van der Waals surface area (Å²) >= 11 is 1.49. The Balaban J connectivity index is 1.53. The Hall–Kier alpha value is -2.54. The van der Waals surface area contributed by atoms with E-state index >= 15 is 0 Å². The number of carbonyl (C=O) groups excluding carboxylic acids is 1. The molecule has 6 nitrogen and oxygen atoms in total. The lowest BCUT2D eigenvalue weighted by Crippen LogP contribution is -2.11. The number of carbonyl (C=O) groups is 1. The van der Waals surface area contributed by atoms with E-state index in [4.69, 9.17) is 4.52 Å². The normalized spacial score (nSPS) is 10.8. The number of benzene rings is 1. The zero-order chi connectivity index (χ0) is 17.6. The highest BCUT2D eigenvalue weighted by atomic mass is 32.1. The van der Waals surface area contributed by atoms with Crippen LogP contribution in [-0.2, 0) is 17.6 Å². The average Bonchev–Trinajstić information content (AvgIpc) is 3.22. The second-order valence-electron chi connectivity index (χ2n) is 5.66. The van der Waals surface area contributed by atoms with Gasteiger partial charge in [-0.3, -0.25) is 4.79 Å². The zero-order valence-electron chi connectivity index (χ0n) is 14.3. The molecule has 0 saturated carbocycles. The molecule has 130 valence electrons. The van der Waals surface area contributed by atoms with Crippen LogP contribution in [0, 0.1) is 6.92 Å². The van der Waals surface area contributed by atoms with Crippen molar-refractivity contribution in [1.82, 2.24) is 15.1 Å². The molecule has 0 aliphatic carbocycles. The Kier molecular flexibility index (Phi) is 5.55. The van der Waals surface area contributed by atoms with E-state index in [1.54, 1.807) is 0 Å². The molecule has 0 aliphatic rings. The number of hydrogen-bond acceptors (Lipinski definition) is 6. The second-order valence-corrected chi connectivity index (χ2v) is 6.66. The van der Waals surface area contributed by atoms with Gasteiger partial charge in [0.15, 0.2) is 11.0 Å². The zero-order valence-corrected chi connectivity index (χ0v) is 15.1. The molecule has 1 N–H and O–H groups in total. The van der Waals surface area contributed by atoms with Crippen LogP contribution in [0.1, 0.15) is 37.2 Å². The molecule has 25 heavy (non-hydrogen) atoms. The Morgan fingerprint density at radius 3 is 2.76 bits per heavy atom. The lowest BCUT2D eigenvalue weighted by molar-refractivity contribution is -0.116. The van der Waals surface area contributed by atoms with Gasteiger partial charge in [0.2, 0.25) is 11.8 Å². The largest absolute Gasteiger partial charge is 0.339 e. The first-order valence-electron chi connectivity index (χ1n) is 8.30. The van der Waals surface area contributed by atoms with Crippen LogP contribution < -0.4 is 5.32 Å². The third kappa shape index (κ3) is 4.51. The van der Waals surface area contributed by atoms with Gasteiger partial charge in [-0.1, -0.05) is 53.7 Å². The van der Waals surface area contributed by atoms with E-state index in [0.29, 0.717) is 36.1 Å². The average molecular weight is 356 g/mol. The van der Waals surface area contributed by atoms with Gasteiger partial charge in [-0.05, 0) is 18.9 Å². The molecule has 0 fully saturated rings. The van der Waals surface area contributed by atoms with Crippen molar-refractivity contribution in [3.63, 3.8) is 0 Å². The van der Waals surface area contributed by atoms with Crippen LogP contribution in [0.4, 0.5) is 5.13 Å². The molecule has 3 rings (SSSR count). The fourth-order valence-corrected chi connectivity index (χ4v) is 3.41. The Morgan fingerprint density at radius 1 is 1.24 bits per heavy atom. The predicted octanol–water partition coefficient (Wildman–Crippen LogP) is 4.03. The number of amides is 1. The molecule has 1 aromatic carbocycles. The molecule has 2 heterocycles. The Bertz CT molecular complexity index is 842. The summed E-state index contributed by atoms with van der Waals surface area (Å²) in [6.07, 6.45) is 2.40. The quantitative estimate of drug-likeness (QED) is 0.691. The first-order valence-corrected chi connectivity index (χ1v) is 9.11. The summed E-state index contributed by atoms with van der Waals surface area (Å²) in [4.78, 5) is 21.9. The van der Waals surface area contributed by atoms with Crippen LogP contribution in [0.2, 0.25) is 0 Å². The summed E-state index contributed by atoms with van der Waals surface area (Å²) in [5.74, 6) is 1.23. The molecule has 7 heteroatoms. The number of thiazole rings is 1.